The van der Waals surface area contributed by atoms with Crippen molar-refractivity contribution in [3.8, 4) is 11.5 Å². The third-order valence-corrected chi connectivity index (χ3v) is 2.70. The molecule has 1 aromatic carbocycles. The van der Waals surface area contributed by atoms with Crippen LogP contribution in [-0.2, 0) is 11.3 Å². The zero-order valence-corrected chi connectivity index (χ0v) is 12.7. The highest BCUT2D eigenvalue weighted by atomic mass is 16.5. The van der Waals surface area contributed by atoms with Gasteiger partial charge in [-0.05, 0) is 19.0 Å². The van der Waals surface area contributed by atoms with Gasteiger partial charge in [-0.1, -0.05) is 26.0 Å². The maximum Gasteiger partial charge on any atom is 0.257 e. The van der Waals surface area contributed by atoms with Crippen LogP contribution < -0.4 is 20.1 Å². The van der Waals surface area contributed by atoms with Crippen LogP contribution in [0.5, 0.6) is 11.5 Å². The standard InChI is InChI=1S/C15H24N2O3/c1-11(2)8-17-14(18)10-20-15-12(9-16-3)6-5-7-13(15)19-4/h5-7,11,16H,8-10H2,1-4H3,(H,17,18). The second-order valence-corrected chi connectivity index (χ2v) is 4.97. The lowest BCUT2D eigenvalue weighted by atomic mass is 10.2. The molecule has 1 amide bonds. The number of hydrogen-bond acceptors (Lipinski definition) is 4. The number of ether oxygens (including phenoxy) is 2. The molecule has 1 rings (SSSR count). The van der Waals surface area contributed by atoms with Gasteiger partial charge >= 0.3 is 0 Å². The number of benzene rings is 1. The monoisotopic (exact) mass is 280 g/mol. The van der Waals surface area contributed by atoms with Gasteiger partial charge in [0, 0.05) is 18.7 Å². The molecule has 0 aliphatic carbocycles. The zero-order valence-electron chi connectivity index (χ0n) is 12.7. The molecule has 0 aliphatic rings. The second kappa shape index (κ2) is 8.43. The van der Waals surface area contributed by atoms with Crippen LogP contribution in [0.1, 0.15) is 19.4 Å². The fourth-order valence-electron chi connectivity index (χ4n) is 1.72. The van der Waals surface area contributed by atoms with Crippen LogP contribution in [0.2, 0.25) is 0 Å². The van der Waals surface area contributed by atoms with Crippen molar-refractivity contribution in [3.63, 3.8) is 0 Å². The normalized spacial score (nSPS) is 10.4. The van der Waals surface area contributed by atoms with Crippen molar-refractivity contribution in [2.24, 2.45) is 5.92 Å². The van der Waals surface area contributed by atoms with E-state index in [-0.39, 0.29) is 12.5 Å². The summed E-state index contributed by atoms with van der Waals surface area (Å²) in [6.45, 7) is 5.39. The Balaban J connectivity index is 2.68. The molecule has 0 fully saturated rings. The summed E-state index contributed by atoms with van der Waals surface area (Å²) in [7, 11) is 3.45. The van der Waals surface area contributed by atoms with Gasteiger partial charge < -0.3 is 20.1 Å². The third-order valence-electron chi connectivity index (χ3n) is 2.70. The van der Waals surface area contributed by atoms with Gasteiger partial charge in [0.05, 0.1) is 7.11 Å². The Morgan fingerprint density at radius 1 is 1.35 bits per heavy atom. The van der Waals surface area contributed by atoms with Crippen LogP contribution >= 0.6 is 0 Å². The van der Waals surface area contributed by atoms with Crippen molar-refractivity contribution in [3.05, 3.63) is 23.8 Å². The van der Waals surface area contributed by atoms with Crippen molar-refractivity contribution in [1.82, 2.24) is 10.6 Å². The van der Waals surface area contributed by atoms with Crippen molar-refractivity contribution in [2.75, 3.05) is 27.3 Å². The van der Waals surface area contributed by atoms with E-state index in [2.05, 4.69) is 10.6 Å². The van der Waals surface area contributed by atoms with E-state index in [4.69, 9.17) is 9.47 Å². The van der Waals surface area contributed by atoms with E-state index in [1.807, 2.05) is 39.1 Å². The minimum Gasteiger partial charge on any atom is -0.493 e. The molecular weight excluding hydrogens is 256 g/mol. The van der Waals surface area contributed by atoms with Crippen LogP contribution in [0.15, 0.2) is 18.2 Å². The van der Waals surface area contributed by atoms with Gasteiger partial charge in [0.1, 0.15) is 0 Å². The maximum atomic E-state index is 11.7. The predicted octanol–water partition coefficient (Wildman–Crippen LogP) is 1.57. The minimum atomic E-state index is -0.125. The summed E-state index contributed by atoms with van der Waals surface area (Å²) in [6.07, 6.45) is 0. The molecular formula is C15H24N2O3. The van der Waals surface area contributed by atoms with E-state index in [1.54, 1.807) is 7.11 Å². The molecule has 0 heterocycles. The van der Waals surface area contributed by atoms with E-state index in [0.717, 1.165) is 5.56 Å². The molecule has 0 aromatic heterocycles. The zero-order chi connectivity index (χ0) is 15.0. The van der Waals surface area contributed by atoms with Gasteiger partial charge in [-0.2, -0.15) is 0 Å². The molecule has 112 valence electrons. The first kappa shape index (κ1) is 16.3. The van der Waals surface area contributed by atoms with Crippen LogP contribution in [0.3, 0.4) is 0 Å². The van der Waals surface area contributed by atoms with Crippen LogP contribution in [-0.4, -0.2) is 33.2 Å². The maximum absolute atomic E-state index is 11.7. The van der Waals surface area contributed by atoms with Crippen molar-refractivity contribution in [2.45, 2.75) is 20.4 Å². The average molecular weight is 280 g/mol. The number of carbonyl (C=O) groups excluding carboxylic acids is 1. The Morgan fingerprint density at radius 3 is 2.70 bits per heavy atom. The highest BCUT2D eigenvalue weighted by Crippen LogP contribution is 2.30. The molecule has 0 saturated carbocycles. The Morgan fingerprint density at radius 2 is 2.10 bits per heavy atom. The van der Waals surface area contributed by atoms with Crippen LogP contribution in [0.25, 0.3) is 0 Å². The fourth-order valence-corrected chi connectivity index (χ4v) is 1.72. The molecule has 5 nitrogen and oxygen atoms in total. The van der Waals surface area contributed by atoms with Gasteiger partial charge in [-0.3, -0.25) is 4.79 Å². The van der Waals surface area contributed by atoms with Gasteiger partial charge in [-0.15, -0.1) is 0 Å². The number of nitrogens with one attached hydrogen (secondary N) is 2. The minimum absolute atomic E-state index is 0.0101. The first-order chi connectivity index (χ1) is 9.58. The van der Waals surface area contributed by atoms with E-state index in [1.165, 1.54) is 0 Å². The topological polar surface area (TPSA) is 59.6 Å². The Kier molecular flexibility index (Phi) is 6.87. The predicted molar refractivity (Wildman–Crippen MR) is 79.1 cm³/mol. The Hall–Kier alpha value is -1.75. The van der Waals surface area contributed by atoms with Gasteiger partial charge in [0.2, 0.25) is 0 Å². The number of hydrogen-bond donors (Lipinski definition) is 2. The highest BCUT2D eigenvalue weighted by molar-refractivity contribution is 5.77. The molecule has 0 atom stereocenters. The summed E-state index contributed by atoms with van der Waals surface area (Å²) in [5, 5.41) is 5.89. The van der Waals surface area contributed by atoms with Crippen molar-refractivity contribution in [1.29, 1.82) is 0 Å². The lowest BCUT2D eigenvalue weighted by molar-refractivity contribution is -0.123. The Labute approximate surface area is 120 Å². The van der Waals surface area contributed by atoms with Crippen molar-refractivity contribution >= 4 is 5.91 Å². The van der Waals surface area contributed by atoms with E-state index in [9.17, 15) is 4.79 Å². The second-order valence-electron chi connectivity index (χ2n) is 4.97. The summed E-state index contributed by atoms with van der Waals surface area (Å²) in [5.41, 5.74) is 0.962. The number of amides is 1. The summed E-state index contributed by atoms with van der Waals surface area (Å²) in [4.78, 5) is 11.7. The number of para-hydroxylation sites is 1. The van der Waals surface area contributed by atoms with Gasteiger partial charge in [-0.25, -0.2) is 0 Å². The molecule has 2 N–H and O–H groups in total. The molecule has 0 saturated heterocycles. The van der Waals surface area contributed by atoms with Crippen LogP contribution in [0, 0.1) is 5.92 Å². The molecule has 0 spiro atoms. The first-order valence-corrected chi connectivity index (χ1v) is 6.78. The average Bonchev–Trinajstić information content (AvgIpc) is 2.43. The summed E-state index contributed by atoms with van der Waals surface area (Å²) in [6, 6.07) is 5.66. The smallest absolute Gasteiger partial charge is 0.257 e. The first-order valence-electron chi connectivity index (χ1n) is 6.78. The van der Waals surface area contributed by atoms with Gasteiger partial charge in [0.25, 0.3) is 5.91 Å². The summed E-state index contributed by atoms with van der Waals surface area (Å²) >= 11 is 0. The molecule has 0 aliphatic heterocycles. The molecule has 1 aromatic rings. The van der Waals surface area contributed by atoms with E-state index < -0.39 is 0 Å². The molecule has 0 radical (unpaired) electrons. The number of rotatable bonds is 8. The molecule has 0 bridgehead atoms. The lowest BCUT2D eigenvalue weighted by Crippen LogP contribution is -2.32. The SMILES string of the molecule is CNCc1cccc(OC)c1OCC(=O)NCC(C)C. The van der Waals surface area contributed by atoms with Crippen molar-refractivity contribution < 1.29 is 14.3 Å². The largest absolute Gasteiger partial charge is 0.493 e. The molecule has 20 heavy (non-hydrogen) atoms. The number of methoxy groups -OCH3 is 1. The summed E-state index contributed by atoms with van der Waals surface area (Å²) < 4.78 is 10.9. The number of carbonyl (C=O) groups is 1. The fraction of sp³-hybridized carbons (Fsp3) is 0.533. The molecule has 5 heteroatoms. The van der Waals surface area contributed by atoms with Gasteiger partial charge in [0.15, 0.2) is 18.1 Å². The quantitative estimate of drug-likeness (QED) is 0.759. The van der Waals surface area contributed by atoms with E-state index >= 15 is 0 Å². The van der Waals surface area contributed by atoms with Crippen LogP contribution in [0.4, 0.5) is 0 Å². The molecule has 0 unspecified atom stereocenters. The highest BCUT2D eigenvalue weighted by Gasteiger charge is 2.12. The van der Waals surface area contributed by atoms with E-state index in [0.29, 0.717) is 30.5 Å². The summed E-state index contributed by atoms with van der Waals surface area (Å²) in [5.74, 6) is 1.54. The lowest BCUT2D eigenvalue weighted by Gasteiger charge is -2.15. The Bertz CT molecular complexity index is 433. The third kappa shape index (κ3) is 5.09.